The summed E-state index contributed by atoms with van der Waals surface area (Å²) in [6, 6.07) is 11.7. The number of halogens is 5. The van der Waals surface area contributed by atoms with Gasteiger partial charge >= 0.3 is 6.18 Å². The van der Waals surface area contributed by atoms with Crippen LogP contribution in [0.2, 0.25) is 0 Å². The van der Waals surface area contributed by atoms with Gasteiger partial charge < -0.3 is 9.47 Å². The van der Waals surface area contributed by atoms with E-state index in [2.05, 4.69) is 16.0 Å². The zero-order valence-electron chi connectivity index (χ0n) is 21.5. The highest BCUT2D eigenvalue weighted by atomic mass is 35.5. The Bertz CT molecular complexity index is 1140. The Balaban J connectivity index is 0.00000253. The van der Waals surface area contributed by atoms with E-state index in [0.29, 0.717) is 12.1 Å². The molecule has 0 unspecified atom stereocenters. The van der Waals surface area contributed by atoms with Crippen LogP contribution in [0.4, 0.5) is 13.2 Å². The molecule has 0 saturated carbocycles. The first-order valence-electron chi connectivity index (χ1n) is 12.6. The number of fused-ring (bicyclic) bond motifs is 1. The van der Waals surface area contributed by atoms with Gasteiger partial charge in [0, 0.05) is 28.6 Å². The normalized spacial score (nSPS) is 14.0. The summed E-state index contributed by atoms with van der Waals surface area (Å²) in [7, 11) is 1.68. The number of nitrogens with zero attached hydrogens (tertiary/aromatic N) is 2. The van der Waals surface area contributed by atoms with Crippen LogP contribution in [0.15, 0.2) is 53.6 Å². The number of ether oxygens (including phenoxy) is 2. The number of aromatic nitrogens is 1. The number of methoxy groups -OCH3 is 1. The molecule has 38 heavy (non-hydrogen) atoms. The minimum Gasteiger partial charge on any atom is -0.493 e. The summed E-state index contributed by atoms with van der Waals surface area (Å²) in [6.45, 7) is 3.76. The van der Waals surface area contributed by atoms with Gasteiger partial charge in [-0.15, -0.1) is 36.6 Å². The molecule has 2 aromatic carbocycles. The van der Waals surface area contributed by atoms with E-state index < -0.39 is 11.7 Å². The zero-order chi connectivity index (χ0) is 25.4. The second-order valence-corrected chi connectivity index (χ2v) is 10.2. The summed E-state index contributed by atoms with van der Waals surface area (Å²) in [5.74, 6) is 2.51. The smallest absolute Gasteiger partial charge is 0.416 e. The third kappa shape index (κ3) is 8.83. The maximum absolute atomic E-state index is 13.0. The van der Waals surface area contributed by atoms with Crippen molar-refractivity contribution < 1.29 is 22.6 Å². The van der Waals surface area contributed by atoms with Gasteiger partial charge in [-0.05, 0) is 75.2 Å². The van der Waals surface area contributed by atoms with Gasteiger partial charge in [-0.1, -0.05) is 24.6 Å². The molecule has 0 radical (unpaired) electrons. The number of thioether (sulfide) groups is 1. The van der Waals surface area contributed by atoms with Gasteiger partial charge in [0.15, 0.2) is 11.5 Å². The predicted octanol–water partition coefficient (Wildman–Crippen LogP) is 8.43. The molecule has 10 heteroatoms. The van der Waals surface area contributed by atoms with Gasteiger partial charge in [-0.2, -0.15) is 13.2 Å². The predicted molar refractivity (Wildman–Crippen MR) is 153 cm³/mol. The van der Waals surface area contributed by atoms with Crippen LogP contribution in [0.3, 0.4) is 0 Å². The van der Waals surface area contributed by atoms with E-state index in [1.807, 2.05) is 18.2 Å². The molecule has 1 aliphatic heterocycles. The number of hydrogen-bond donors (Lipinski definition) is 0. The van der Waals surface area contributed by atoms with Crippen LogP contribution in [0, 0.1) is 0 Å². The molecule has 1 aromatic heterocycles. The average molecular weight is 592 g/mol. The van der Waals surface area contributed by atoms with Gasteiger partial charge in [-0.25, -0.2) is 0 Å². The van der Waals surface area contributed by atoms with Crippen LogP contribution in [-0.2, 0) is 12.7 Å². The van der Waals surface area contributed by atoms with Crippen molar-refractivity contribution in [3.8, 4) is 11.5 Å². The van der Waals surface area contributed by atoms with Crippen LogP contribution in [0.25, 0.3) is 10.9 Å². The fourth-order valence-corrected chi connectivity index (χ4v) is 5.58. The van der Waals surface area contributed by atoms with Crippen molar-refractivity contribution in [2.24, 2.45) is 0 Å². The van der Waals surface area contributed by atoms with Crippen molar-refractivity contribution in [3.05, 3.63) is 59.8 Å². The molecule has 4 nitrogen and oxygen atoms in total. The molecule has 0 atom stereocenters. The molecule has 1 aliphatic rings. The zero-order valence-corrected chi connectivity index (χ0v) is 23.9. The summed E-state index contributed by atoms with van der Waals surface area (Å²) in [5, 5.41) is 0.760. The highest BCUT2D eigenvalue weighted by molar-refractivity contribution is 7.99. The number of alkyl halides is 3. The molecule has 1 saturated heterocycles. The number of pyridine rings is 1. The van der Waals surface area contributed by atoms with Crippen LogP contribution in [0.1, 0.15) is 49.7 Å². The van der Waals surface area contributed by atoms with E-state index in [1.54, 1.807) is 25.1 Å². The fraction of sp³-hybridized carbons (Fsp3) is 0.464. The SMILES string of the molecule is COc1cccc(CN2CCCCC2)c1OCCCCCSc1ccnc2cc(C(F)(F)F)ccc12.Cl.Cl. The van der Waals surface area contributed by atoms with E-state index in [9.17, 15) is 13.2 Å². The van der Waals surface area contributed by atoms with Crippen LogP contribution >= 0.6 is 36.6 Å². The summed E-state index contributed by atoms with van der Waals surface area (Å²) < 4.78 is 50.7. The average Bonchev–Trinajstić information content (AvgIpc) is 2.88. The number of para-hydroxylation sites is 1. The maximum Gasteiger partial charge on any atom is 0.416 e. The number of benzene rings is 2. The highest BCUT2D eigenvalue weighted by Gasteiger charge is 2.30. The van der Waals surface area contributed by atoms with Crippen LogP contribution in [0.5, 0.6) is 11.5 Å². The van der Waals surface area contributed by atoms with Gasteiger partial charge in [-0.3, -0.25) is 9.88 Å². The standard InChI is InChI=1S/C28H33F3N2O2S.2ClH/c1-34-25-10-8-9-21(20-33-15-4-2-5-16-33)27(25)35-17-6-3-7-18-36-26-13-14-32-24-19-22(28(29,30)31)11-12-23(24)26;;/h8-14,19H,2-7,15-18,20H2,1H3;2*1H. The summed E-state index contributed by atoms with van der Waals surface area (Å²) >= 11 is 1.66. The highest BCUT2D eigenvalue weighted by Crippen LogP contribution is 2.35. The lowest BCUT2D eigenvalue weighted by molar-refractivity contribution is -0.137. The Morgan fingerprint density at radius 3 is 2.50 bits per heavy atom. The fourth-order valence-electron chi connectivity index (χ4n) is 4.53. The number of unbranched alkanes of at least 4 members (excludes halogenated alkanes) is 2. The largest absolute Gasteiger partial charge is 0.493 e. The van der Waals surface area contributed by atoms with Crippen molar-refractivity contribution in [3.63, 3.8) is 0 Å². The van der Waals surface area contributed by atoms with Crippen molar-refractivity contribution >= 4 is 47.5 Å². The first kappa shape index (κ1) is 32.3. The van der Waals surface area contributed by atoms with Gasteiger partial charge in [0.2, 0.25) is 0 Å². The van der Waals surface area contributed by atoms with E-state index in [-0.39, 0.29) is 24.8 Å². The first-order chi connectivity index (χ1) is 17.5. The molecule has 3 aromatic rings. The summed E-state index contributed by atoms with van der Waals surface area (Å²) in [5.41, 5.74) is 0.879. The molecule has 0 aliphatic carbocycles. The molecule has 210 valence electrons. The molecule has 4 rings (SSSR count). The third-order valence-electron chi connectivity index (χ3n) is 6.45. The Hall–Kier alpha value is -1.87. The van der Waals surface area contributed by atoms with E-state index >= 15 is 0 Å². The van der Waals surface area contributed by atoms with E-state index in [4.69, 9.17) is 9.47 Å². The Morgan fingerprint density at radius 1 is 0.974 bits per heavy atom. The maximum atomic E-state index is 13.0. The molecule has 1 fully saturated rings. The number of piperidine rings is 1. The Morgan fingerprint density at radius 2 is 1.76 bits per heavy atom. The van der Waals surface area contributed by atoms with Crippen molar-refractivity contribution in [1.29, 1.82) is 0 Å². The Kier molecular flexibility index (Phi) is 13.3. The van der Waals surface area contributed by atoms with Crippen molar-refractivity contribution in [1.82, 2.24) is 9.88 Å². The van der Waals surface area contributed by atoms with Crippen LogP contribution in [-0.4, -0.2) is 42.4 Å². The molecular formula is C28H35Cl2F3N2O2S. The van der Waals surface area contributed by atoms with Crippen LogP contribution < -0.4 is 9.47 Å². The van der Waals surface area contributed by atoms with Crippen molar-refractivity contribution in [2.45, 2.75) is 56.1 Å². The minimum absolute atomic E-state index is 0. The number of likely N-dealkylation sites (tertiary alicyclic amines) is 1. The lowest BCUT2D eigenvalue weighted by Crippen LogP contribution is -2.29. The monoisotopic (exact) mass is 590 g/mol. The first-order valence-corrected chi connectivity index (χ1v) is 13.5. The summed E-state index contributed by atoms with van der Waals surface area (Å²) in [4.78, 5) is 7.57. The van der Waals surface area contributed by atoms with Gasteiger partial charge in [0.25, 0.3) is 0 Å². The lowest BCUT2D eigenvalue weighted by Gasteiger charge is -2.27. The third-order valence-corrected chi connectivity index (χ3v) is 7.61. The van der Waals surface area contributed by atoms with Gasteiger partial charge in [0.1, 0.15) is 0 Å². The number of hydrogen-bond acceptors (Lipinski definition) is 5. The van der Waals surface area contributed by atoms with Gasteiger partial charge in [0.05, 0.1) is 24.8 Å². The van der Waals surface area contributed by atoms with E-state index in [0.717, 1.165) is 78.6 Å². The molecule has 0 N–H and O–H groups in total. The minimum atomic E-state index is -4.36. The molecule has 2 heterocycles. The summed E-state index contributed by atoms with van der Waals surface area (Å²) in [6.07, 6.45) is 3.95. The molecule has 0 amide bonds. The Labute approximate surface area is 239 Å². The second-order valence-electron chi connectivity index (χ2n) is 9.08. The van der Waals surface area contributed by atoms with E-state index in [1.165, 1.54) is 30.9 Å². The lowest BCUT2D eigenvalue weighted by atomic mass is 10.1. The molecular weight excluding hydrogens is 556 g/mol. The molecule has 0 bridgehead atoms. The molecule has 0 spiro atoms. The van der Waals surface area contributed by atoms with Crippen molar-refractivity contribution in [2.75, 3.05) is 32.6 Å². The second kappa shape index (κ2) is 15.7. The quantitative estimate of drug-likeness (QED) is 0.165. The number of rotatable bonds is 11. The topological polar surface area (TPSA) is 34.6 Å².